The van der Waals surface area contributed by atoms with Crippen molar-refractivity contribution in [2.75, 3.05) is 6.61 Å². The minimum absolute atomic E-state index is 0.0231. The molecule has 0 saturated heterocycles. The Bertz CT molecular complexity index is 699. The first-order valence-corrected chi connectivity index (χ1v) is 7.92. The summed E-state index contributed by atoms with van der Waals surface area (Å²) in [5.41, 5.74) is 1.81. The zero-order valence-corrected chi connectivity index (χ0v) is 13.1. The summed E-state index contributed by atoms with van der Waals surface area (Å²) in [5.74, 6) is -0.590. The van der Waals surface area contributed by atoms with Gasteiger partial charge in [-0.05, 0) is 12.5 Å². The van der Waals surface area contributed by atoms with E-state index in [1.807, 2.05) is 48.7 Å². The van der Waals surface area contributed by atoms with E-state index in [1.165, 1.54) is 17.4 Å². The molecule has 0 saturated carbocycles. The zero-order valence-electron chi connectivity index (χ0n) is 12.3. The highest BCUT2D eigenvalue weighted by atomic mass is 32.1. The normalized spacial score (nSPS) is 11.0. The van der Waals surface area contributed by atoms with Crippen LogP contribution in [0.1, 0.15) is 24.8 Å². The number of esters is 1. The Kier molecular flexibility index (Phi) is 5.87. The third-order valence-corrected chi connectivity index (χ3v) is 3.72. The Morgan fingerprint density at radius 1 is 1.41 bits per heavy atom. The molecular weight excluding hydrogens is 296 g/mol. The fourth-order valence-corrected chi connectivity index (χ4v) is 2.50. The topological polar surface area (TPSA) is 63.0 Å². The van der Waals surface area contributed by atoms with Crippen molar-refractivity contribution in [2.45, 2.75) is 19.8 Å². The van der Waals surface area contributed by atoms with Gasteiger partial charge in [-0.3, -0.25) is 0 Å². The number of hydrogen-bond acceptors (Lipinski definition) is 5. The highest BCUT2D eigenvalue weighted by Gasteiger charge is 2.12. The van der Waals surface area contributed by atoms with E-state index in [2.05, 4.69) is 4.98 Å². The van der Waals surface area contributed by atoms with Crippen LogP contribution in [0.25, 0.3) is 17.3 Å². The van der Waals surface area contributed by atoms with E-state index in [4.69, 9.17) is 10.00 Å². The highest BCUT2D eigenvalue weighted by Crippen LogP contribution is 2.23. The molecule has 5 heteroatoms. The van der Waals surface area contributed by atoms with Crippen LogP contribution in [-0.2, 0) is 9.53 Å². The molecule has 1 heterocycles. The molecule has 0 aliphatic carbocycles. The quantitative estimate of drug-likeness (QED) is 0.349. The molecule has 4 nitrogen and oxygen atoms in total. The molecule has 0 bridgehead atoms. The molecule has 0 amide bonds. The molecule has 2 aromatic rings. The Labute approximate surface area is 133 Å². The SMILES string of the molecule is CCCCOC(=O)/C(C#N)=C\c1nc(-c2ccccc2)cs1. The number of nitriles is 1. The average molecular weight is 312 g/mol. The fraction of sp³-hybridized carbons (Fsp3) is 0.235. The monoisotopic (exact) mass is 312 g/mol. The zero-order chi connectivity index (χ0) is 15.8. The first-order chi connectivity index (χ1) is 10.7. The molecule has 0 aliphatic rings. The standard InChI is InChI=1S/C17H16N2O2S/c1-2-3-9-21-17(20)14(11-18)10-16-19-15(12-22-16)13-7-5-4-6-8-13/h4-8,10,12H,2-3,9H2,1H3/b14-10-. The summed E-state index contributed by atoms with van der Waals surface area (Å²) < 4.78 is 5.05. The van der Waals surface area contributed by atoms with E-state index in [1.54, 1.807) is 0 Å². The number of unbranched alkanes of at least 4 members (excludes halogenated alkanes) is 1. The maximum atomic E-state index is 11.8. The fourth-order valence-electron chi connectivity index (χ4n) is 1.74. The molecule has 0 N–H and O–H groups in total. The number of thiazole rings is 1. The number of hydrogen-bond donors (Lipinski definition) is 0. The van der Waals surface area contributed by atoms with Gasteiger partial charge < -0.3 is 4.74 Å². The minimum atomic E-state index is -0.590. The van der Waals surface area contributed by atoms with Gasteiger partial charge in [-0.25, -0.2) is 9.78 Å². The van der Waals surface area contributed by atoms with Crippen molar-refractivity contribution in [1.82, 2.24) is 4.98 Å². The smallest absolute Gasteiger partial charge is 0.348 e. The van der Waals surface area contributed by atoms with Crippen LogP contribution >= 0.6 is 11.3 Å². The Balaban J connectivity index is 2.12. The number of carbonyl (C=O) groups excluding carboxylic acids is 1. The number of rotatable bonds is 6. The van der Waals surface area contributed by atoms with Crippen molar-refractivity contribution in [1.29, 1.82) is 5.26 Å². The van der Waals surface area contributed by atoms with Gasteiger partial charge in [0, 0.05) is 10.9 Å². The predicted octanol–water partition coefficient (Wildman–Crippen LogP) is 4.06. The molecule has 22 heavy (non-hydrogen) atoms. The van der Waals surface area contributed by atoms with Crippen molar-refractivity contribution in [3.05, 3.63) is 46.3 Å². The summed E-state index contributed by atoms with van der Waals surface area (Å²) in [7, 11) is 0. The minimum Gasteiger partial charge on any atom is -0.462 e. The van der Waals surface area contributed by atoms with E-state index in [9.17, 15) is 4.79 Å². The maximum Gasteiger partial charge on any atom is 0.348 e. The van der Waals surface area contributed by atoms with Gasteiger partial charge in [0.2, 0.25) is 0 Å². The van der Waals surface area contributed by atoms with Crippen LogP contribution in [0, 0.1) is 11.3 Å². The van der Waals surface area contributed by atoms with Gasteiger partial charge in [-0.15, -0.1) is 11.3 Å². The van der Waals surface area contributed by atoms with Gasteiger partial charge in [-0.1, -0.05) is 43.7 Å². The van der Waals surface area contributed by atoms with Gasteiger partial charge >= 0.3 is 5.97 Å². The van der Waals surface area contributed by atoms with Crippen molar-refractivity contribution in [3.8, 4) is 17.3 Å². The molecule has 1 aromatic carbocycles. The van der Waals surface area contributed by atoms with E-state index in [-0.39, 0.29) is 5.57 Å². The first-order valence-electron chi connectivity index (χ1n) is 7.04. The first kappa shape index (κ1) is 15.9. The van der Waals surface area contributed by atoms with Crippen molar-refractivity contribution in [2.24, 2.45) is 0 Å². The molecule has 0 atom stereocenters. The lowest BCUT2D eigenvalue weighted by atomic mass is 10.2. The van der Waals surface area contributed by atoms with Gasteiger partial charge in [0.25, 0.3) is 0 Å². The van der Waals surface area contributed by atoms with Crippen molar-refractivity contribution in [3.63, 3.8) is 0 Å². The number of nitrogens with zero attached hydrogens (tertiary/aromatic N) is 2. The molecular formula is C17H16N2O2S. The van der Waals surface area contributed by atoms with Crippen LogP contribution in [0.4, 0.5) is 0 Å². The molecule has 0 aliphatic heterocycles. The van der Waals surface area contributed by atoms with E-state index in [0.29, 0.717) is 11.6 Å². The molecule has 112 valence electrons. The number of benzene rings is 1. The molecule has 0 radical (unpaired) electrons. The van der Waals surface area contributed by atoms with Crippen LogP contribution in [0.15, 0.2) is 41.3 Å². The second-order valence-electron chi connectivity index (χ2n) is 4.60. The lowest BCUT2D eigenvalue weighted by Crippen LogP contribution is -2.07. The van der Waals surface area contributed by atoms with Crippen LogP contribution in [-0.4, -0.2) is 17.6 Å². The summed E-state index contributed by atoms with van der Waals surface area (Å²) in [6.45, 7) is 2.34. The predicted molar refractivity (Wildman–Crippen MR) is 87.0 cm³/mol. The summed E-state index contributed by atoms with van der Waals surface area (Å²) in [6, 6.07) is 11.6. The van der Waals surface area contributed by atoms with Gasteiger partial charge in [0.15, 0.2) is 0 Å². The lowest BCUT2D eigenvalue weighted by molar-refractivity contribution is -0.138. The highest BCUT2D eigenvalue weighted by molar-refractivity contribution is 7.10. The largest absolute Gasteiger partial charge is 0.462 e. The molecule has 2 rings (SSSR count). The summed E-state index contributed by atoms with van der Waals surface area (Å²) in [5, 5.41) is 11.6. The van der Waals surface area contributed by atoms with Gasteiger partial charge in [0.05, 0.1) is 12.3 Å². The molecule has 1 aromatic heterocycles. The van der Waals surface area contributed by atoms with Crippen LogP contribution in [0.2, 0.25) is 0 Å². The van der Waals surface area contributed by atoms with Crippen LogP contribution < -0.4 is 0 Å². The van der Waals surface area contributed by atoms with Gasteiger partial charge in [0.1, 0.15) is 16.6 Å². The van der Waals surface area contributed by atoms with Crippen LogP contribution in [0.3, 0.4) is 0 Å². The summed E-state index contributed by atoms with van der Waals surface area (Å²) in [6.07, 6.45) is 3.21. The molecule has 0 fully saturated rings. The Hall–Kier alpha value is -2.45. The van der Waals surface area contributed by atoms with Crippen molar-refractivity contribution >= 4 is 23.4 Å². The maximum absolute atomic E-state index is 11.8. The third kappa shape index (κ3) is 4.27. The van der Waals surface area contributed by atoms with E-state index < -0.39 is 5.97 Å². The summed E-state index contributed by atoms with van der Waals surface area (Å²) >= 11 is 1.39. The second kappa shape index (κ2) is 8.11. The number of aromatic nitrogens is 1. The third-order valence-electron chi connectivity index (χ3n) is 2.93. The second-order valence-corrected chi connectivity index (χ2v) is 5.49. The van der Waals surface area contributed by atoms with Gasteiger partial charge in [-0.2, -0.15) is 5.26 Å². The van der Waals surface area contributed by atoms with E-state index in [0.717, 1.165) is 24.1 Å². The molecule has 0 spiro atoms. The Morgan fingerprint density at radius 3 is 2.86 bits per heavy atom. The average Bonchev–Trinajstić information content (AvgIpc) is 3.02. The Morgan fingerprint density at radius 2 is 2.18 bits per heavy atom. The number of ether oxygens (including phenoxy) is 1. The lowest BCUT2D eigenvalue weighted by Gasteiger charge is -2.01. The van der Waals surface area contributed by atoms with Crippen LogP contribution in [0.5, 0.6) is 0 Å². The van der Waals surface area contributed by atoms with E-state index >= 15 is 0 Å². The molecule has 0 unspecified atom stereocenters. The van der Waals surface area contributed by atoms with Crippen molar-refractivity contribution < 1.29 is 9.53 Å². The number of carbonyl (C=O) groups is 1. The summed E-state index contributed by atoms with van der Waals surface area (Å²) in [4.78, 5) is 16.2.